The van der Waals surface area contributed by atoms with Crippen LogP contribution in [0.15, 0.2) is 30.7 Å². The van der Waals surface area contributed by atoms with Crippen molar-refractivity contribution in [2.75, 3.05) is 25.4 Å². The van der Waals surface area contributed by atoms with Crippen LogP contribution in [0.3, 0.4) is 0 Å². The number of rotatable bonds is 5. The molecule has 1 saturated heterocycles. The second kappa shape index (κ2) is 7.26. The molecule has 0 unspecified atom stereocenters. The Hall–Kier alpha value is -1.90. The average Bonchev–Trinajstić information content (AvgIpc) is 3.13. The minimum absolute atomic E-state index is 0.206. The molecule has 0 bridgehead atoms. The highest BCUT2D eigenvalue weighted by Crippen LogP contribution is 2.40. The van der Waals surface area contributed by atoms with Crippen LogP contribution >= 0.6 is 0 Å². The molecule has 1 atom stereocenters. The lowest BCUT2D eigenvalue weighted by molar-refractivity contribution is 0.0531. The third-order valence-electron chi connectivity index (χ3n) is 5.39. The number of unbranched alkanes of at least 4 members (excludes halogenated alkanes) is 1. The third-order valence-corrected chi connectivity index (χ3v) is 7.29. The molecule has 1 fully saturated rings. The molecule has 4 heterocycles. The van der Waals surface area contributed by atoms with Gasteiger partial charge in [-0.1, -0.05) is 13.3 Å². The van der Waals surface area contributed by atoms with Crippen molar-refractivity contribution in [3.05, 3.63) is 42.0 Å². The van der Waals surface area contributed by atoms with Crippen LogP contribution < -0.4 is 0 Å². The summed E-state index contributed by atoms with van der Waals surface area (Å²) in [6.45, 7) is 3.90. The minimum atomic E-state index is -3.24. The fourth-order valence-corrected chi connectivity index (χ4v) is 5.59. The summed E-state index contributed by atoms with van der Waals surface area (Å²) >= 11 is 0. The minimum Gasteiger partial charge on any atom is -0.376 e. The molecule has 0 radical (unpaired) electrons. The molecule has 144 valence electrons. The van der Waals surface area contributed by atoms with Crippen molar-refractivity contribution in [3.63, 3.8) is 0 Å². The van der Waals surface area contributed by atoms with E-state index in [0.717, 1.165) is 29.7 Å². The van der Waals surface area contributed by atoms with Gasteiger partial charge in [-0.05, 0) is 25.0 Å². The number of ether oxygens (including phenoxy) is 1. The van der Waals surface area contributed by atoms with Crippen molar-refractivity contribution in [1.82, 2.24) is 19.3 Å². The number of hydrogen-bond donors (Lipinski definition) is 0. The summed E-state index contributed by atoms with van der Waals surface area (Å²) in [6, 6.07) is 3.78. The Morgan fingerprint density at radius 1 is 1.33 bits per heavy atom. The number of sulfonamides is 1. The van der Waals surface area contributed by atoms with E-state index in [-0.39, 0.29) is 5.75 Å². The van der Waals surface area contributed by atoms with Gasteiger partial charge in [-0.3, -0.25) is 4.98 Å². The van der Waals surface area contributed by atoms with Crippen LogP contribution in [0.2, 0.25) is 0 Å². The Morgan fingerprint density at radius 3 is 3.00 bits per heavy atom. The quantitative estimate of drug-likeness (QED) is 0.780. The van der Waals surface area contributed by atoms with Crippen molar-refractivity contribution in [1.29, 1.82) is 0 Å². The van der Waals surface area contributed by atoms with Crippen molar-refractivity contribution in [2.45, 2.75) is 38.2 Å². The normalized spacial score (nSPS) is 22.9. The lowest BCUT2D eigenvalue weighted by Gasteiger charge is -2.34. The number of pyridine rings is 1. The van der Waals surface area contributed by atoms with Gasteiger partial charge in [0, 0.05) is 42.8 Å². The molecule has 7 nitrogen and oxygen atoms in total. The smallest absolute Gasteiger partial charge is 0.214 e. The number of aromatic nitrogens is 3. The van der Waals surface area contributed by atoms with Crippen LogP contribution in [0.5, 0.6) is 0 Å². The largest absolute Gasteiger partial charge is 0.376 e. The fraction of sp³-hybridized carbons (Fsp3) is 0.526. The number of nitrogens with zero attached hydrogens (tertiary/aromatic N) is 4. The standard InChI is InChI=1S/C19H24N4O3S/c1-2-3-9-27(24,25)23-8-6-19(13-23)14-26-12-16-11-21-18(22-17(16)19)15-5-4-7-20-10-15/h4-5,7,10-11H,2-3,6,8-9,12-14H2,1H3/t19-/m0/s1. The first-order valence-electron chi connectivity index (χ1n) is 9.36. The SMILES string of the molecule is CCCCS(=O)(=O)N1CC[C@@]2(COCc3cnc(-c4cccnc4)nc32)C1. The summed E-state index contributed by atoms with van der Waals surface area (Å²) in [5, 5.41) is 0. The Labute approximate surface area is 159 Å². The van der Waals surface area contributed by atoms with Crippen molar-refractivity contribution in [2.24, 2.45) is 0 Å². The van der Waals surface area contributed by atoms with E-state index in [0.29, 0.717) is 38.5 Å². The summed E-state index contributed by atoms with van der Waals surface area (Å²) < 4.78 is 32.8. The van der Waals surface area contributed by atoms with Gasteiger partial charge in [-0.25, -0.2) is 22.7 Å². The number of hydrogen-bond acceptors (Lipinski definition) is 6. The first-order chi connectivity index (χ1) is 13.0. The molecule has 0 amide bonds. The highest BCUT2D eigenvalue weighted by molar-refractivity contribution is 7.89. The highest BCUT2D eigenvalue weighted by Gasteiger charge is 2.47. The second-order valence-corrected chi connectivity index (χ2v) is 9.42. The summed E-state index contributed by atoms with van der Waals surface area (Å²) in [7, 11) is -3.24. The maximum atomic E-state index is 12.7. The van der Waals surface area contributed by atoms with E-state index in [1.807, 2.05) is 19.1 Å². The molecule has 0 saturated carbocycles. The van der Waals surface area contributed by atoms with E-state index < -0.39 is 15.4 Å². The van der Waals surface area contributed by atoms with Gasteiger partial charge in [-0.2, -0.15) is 0 Å². The maximum absolute atomic E-state index is 12.7. The highest BCUT2D eigenvalue weighted by atomic mass is 32.2. The van der Waals surface area contributed by atoms with Gasteiger partial charge in [0.1, 0.15) is 0 Å². The Kier molecular flexibility index (Phi) is 4.96. The predicted octanol–water partition coefficient (Wildman–Crippen LogP) is 2.14. The third kappa shape index (κ3) is 3.49. The average molecular weight is 388 g/mol. The van der Waals surface area contributed by atoms with Crippen LogP contribution in [0, 0.1) is 0 Å². The monoisotopic (exact) mass is 388 g/mol. The van der Waals surface area contributed by atoms with Crippen LogP contribution in [-0.4, -0.2) is 53.1 Å². The molecule has 0 aliphatic carbocycles. The number of fused-ring (bicyclic) bond motifs is 2. The van der Waals surface area contributed by atoms with Crippen molar-refractivity contribution in [3.8, 4) is 11.4 Å². The lowest BCUT2D eigenvalue weighted by Crippen LogP contribution is -2.42. The van der Waals surface area contributed by atoms with Gasteiger partial charge in [0.05, 0.1) is 30.1 Å². The molecule has 2 aliphatic rings. The van der Waals surface area contributed by atoms with E-state index in [1.165, 1.54) is 0 Å². The van der Waals surface area contributed by atoms with E-state index in [4.69, 9.17) is 9.72 Å². The molecule has 2 aromatic heterocycles. The molecule has 2 aliphatic heterocycles. The van der Waals surface area contributed by atoms with Gasteiger partial charge in [0.15, 0.2) is 5.82 Å². The van der Waals surface area contributed by atoms with Crippen molar-refractivity contribution < 1.29 is 13.2 Å². The van der Waals surface area contributed by atoms with Gasteiger partial charge < -0.3 is 4.74 Å². The maximum Gasteiger partial charge on any atom is 0.214 e. The molecule has 4 rings (SSSR count). The molecule has 27 heavy (non-hydrogen) atoms. The Bertz CT molecular complexity index is 920. The van der Waals surface area contributed by atoms with Gasteiger partial charge in [0.25, 0.3) is 0 Å². The summed E-state index contributed by atoms with van der Waals surface area (Å²) in [4.78, 5) is 13.4. The van der Waals surface area contributed by atoms with Crippen LogP contribution in [0.1, 0.15) is 37.4 Å². The first kappa shape index (κ1) is 18.5. The van der Waals surface area contributed by atoms with E-state index in [9.17, 15) is 8.42 Å². The molecule has 0 N–H and O–H groups in total. The zero-order chi connectivity index (χ0) is 18.9. The Morgan fingerprint density at radius 2 is 2.22 bits per heavy atom. The first-order valence-corrected chi connectivity index (χ1v) is 11.0. The van der Waals surface area contributed by atoms with Crippen LogP contribution in [-0.2, 0) is 26.8 Å². The zero-order valence-corrected chi connectivity index (χ0v) is 16.3. The molecule has 2 aromatic rings. The van der Waals surface area contributed by atoms with E-state index in [2.05, 4.69) is 9.97 Å². The predicted molar refractivity (Wildman–Crippen MR) is 101 cm³/mol. The lowest BCUT2D eigenvalue weighted by atomic mass is 9.80. The van der Waals surface area contributed by atoms with E-state index >= 15 is 0 Å². The second-order valence-electron chi connectivity index (χ2n) is 7.34. The summed E-state index contributed by atoms with van der Waals surface area (Å²) in [5.74, 6) is 0.827. The van der Waals surface area contributed by atoms with Crippen molar-refractivity contribution >= 4 is 10.0 Å². The molecular weight excluding hydrogens is 364 g/mol. The molecular formula is C19H24N4O3S. The summed E-state index contributed by atoms with van der Waals surface area (Å²) in [6.07, 6.45) is 7.53. The molecule has 8 heteroatoms. The van der Waals surface area contributed by atoms with Gasteiger partial charge in [0.2, 0.25) is 10.0 Å². The molecule has 1 spiro atoms. The van der Waals surface area contributed by atoms with Crippen LogP contribution in [0.25, 0.3) is 11.4 Å². The molecule has 0 aromatic carbocycles. The summed E-state index contributed by atoms with van der Waals surface area (Å²) in [5.41, 5.74) is 2.33. The Balaban J connectivity index is 1.67. The zero-order valence-electron chi connectivity index (χ0n) is 15.5. The van der Waals surface area contributed by atoms with Crippen LogP contribution in [0.4, 0.5) is 0 Å². The van der Waals surface area contributed by atoms with Gasteiger partial charge in [-0.15, -0.1) is 0 Å². The van der Waals surface area contributed by atoms with Gasteiger partial charge >= 0.3 is 0 Å². The fourth-order valence-electron chi connectivity index (χ4n) is 3.87. The topological polar surface area (TPSA) is 85.3 Å². The van der Waals surface area contributed by atoms with E-state index in [1.54, 1.807) is 22.9 Å².